The molecule has 2 aromatic rings. The number of nitrogens with one attached hydrogen (secondary N) is 2. The Labute approximate surface area is 232 Å². The van der Waals surface area contributed by atoms with Gasteiger partial charge in [-0.25, -0.2) is 0 Å². The monoisotopic (exact) mass is 547 g/mol. The Hall–Kier alpha value is -4.63. The van der Waals surface area contributed by atoms with Crippen LogP contribution >= 0.6 is 0 Å². The number of oxime groups is 1. The van der Waals surface area contributed by atoms with Crippen LogP contribution in [0, 0.1) is 5.92 Å². The van der Waals surface area contributed by atoms with E-state index in [2.05, 4.69) is 20.6 Å². The molecule has 1 aliphatic heterocycles. The van der Waals surface area contributed by atoms with Crippen LogP contribution in [-0.4, -0.2) is 63.1 Å². The van der Waals surface area contributed by atoms with Crippen LogP contribution in [0.5, 0.6) is 0 Å². The molecule has 3 atom stereocenters. The van der Waals surface area contributed by atoms with Crippen molar-refractivity contribution >= 4 is 35.5 Å². The molecule has 0 spiro atoms. The highest BCUT2D eigenvalue weighted by atomic mass is 16.7. The Kier molecular flexibility index (Phi) is 10.4. The summed E-state index contributed by atoms with van der Waals surface area (Å²) in [6.07, 6.45) is 0.714. The Morgan fingerprint density at radius 2 is 1.68 bits per heavy atom. The van der Waals surface area contributed by atoms with Crippen molar-refractivity contribution in [1.29, 1.82) is 0 Å². The predicted octanol–water partition coefficient (Wildman–Crippen LogP) is 2.35. The van der Waals surface area contributed by atoms with Crippen LogP contribution in [0.25, 0.3) is 5.53 Å². The zero-order chi connectivity index (χ0) is 29.1. The smallest absolute Gasteiger partial charge is 0.325 e. The van der Waals surface area contributed by atoms with E-state index in [0.29, 0.717) is 18.3 Å². The molecular formula is C29H33N5O6. The van der Waals surface area contributed by atoms with Gasteiger partial charge in [-0.15, -0.1) is 0 Å². The molecule has 0 aromatic heterocycles. The average Bonchev–Trinajstić information content (AvgIpc) is 3.35. The summed E-state index contributed by atoms with van der Waals surface area (Å²) in [6.45, 7) is 3.83. The van der Waals surface area contributed by atoms with Crippen LogP contribution in [0.15, 0.2) is 65.8 Å². The standard InChI is InChI=1S/C29H33N5O6/c1-19(2)27(33-25(36)14-13-20-9-5-3-6-10-20)23-17-29(40-34-23,16-21-11-7-4-8-12-21)28(39)32-22(15-26(37)38)24(35)18-31-30/h3-12,18-19,22,27H,13-17H2,1-2H3,(H,32,39)(H,33,36)(H,37,38)/t22-,27-,29?/m0/s1. The van der Waals surface area contributed by atoms with Crippen molar-refractivity contribution in [2.24, 2.45) is 11.1 Å². The number of aryl methyl sites for hydroxylation is 1. The molecule has 0 saturated carbocycles. The van der Waals surface area contributed by atoms with Crippen molar-refractivity contribution in [3.63, 3.8) is 0 Å². The molecule has 0 fully saturated rings. The van der Waals surface area contributed by atoms with E-state index in [1.165, 1.54) is 0 Å². The van der Waals surface area contributed by atoms with Gasteiger partial charge in [0.1, 0.15) is 6.04 Å². The third-order valence-corrected chi connectivity index (χ3v) is 6.59. The fourth-order valence-electron chi connectivity index (χ4n) is 4.51. The number of carbonyl (C=O) groups excluding carboxylic acids is 3. The lowest BCUT2D eigenvalue weighted by Crippen LogP contribution is -2.55. The van der Waals surface area contributed by atoms with Gasteiger partial charge in [0.05, 0.1) is 18.2 Å². The third kappa shape index (κ3) is 8.18. The van der Waals surface area contributed by atoms with Crippen LogP contribution in [0.3, 0.4) is 0 Å². The van der Waals surface area contributed by atoms with Gasteiger partial charge in [-0.2, -0.15) is 4.79 Å². The molecule has 11 nitrogen and oxygen atoms in total. The Morgan fingerprint density at radius 3 is 2.25 bits per heavy atom. The van der Waals surface area contributed by atoms with Crippen LogP contribution < -0.4 is 10.6 Å². The number of carbonyl (C=O) groups is 4. The maximum atomic E-state index is 13.6. The zero-order valence-corrected chi connectivity index (χ0v) is 22.4. The normalized spacial score (nSPS) is 17.5. The van der Waals surface area contributed by atoms with E-state index in [1.807, 2.05) is 50.2 Å². The highest BCUT2D eigenvalue weighted by molar-refractivity contribution is 6.28. The number of rotatable bonds is 14. The number of nitrogens with zero attached hydrogens (tertiary/aromatic N) is 3. The first-order chi connectivity index (χ1) is 19.1. The number of aliphatic carboxylic acids is 1. The lowest BCUT2D eigenvalue weighted by atomic mass is 9.84. The fraction of sp³-hybridized carbons (Fsp3) is 0.379. The summed E-state index contributed by atoms with van der Waals surface area (Å²) in [7, 11) is 0. The highest BCUT2D eigenvalue weighted by Crippen LogP contribution is 2.31. The van der Waals surface area contributed by atoms with E-state index in [0.717, 1.165) is 11.1 Å². The van der Waals surface area contributed by atoms with Gasteiger partial charge >= 0.3 is 12.2 Å². The molecule has 2 amide bonds. The Balaban J connectivity index is 1.81. The quantitative estimate of drug-likeness (QED) is 0.186. The van der Waals surface area contributed by atoms with E-state index in [4.69, 9.17) is 10.4 Å². The second-order valence-electron chi connectivity index (χ2n) is 10.1. The molecule has 1 unspecified atom stereocenters. The largest absolute Gasteiger partial charge is 0.481 e. The predicted molar refractivity (Wildman–Crippen MR) is 146 cm³/mol. The molecule has 1 aliphatic rings. The van der Waals surface area contributed by atoms with Gasteiger partial charge < -0.3 is 26.1 Å². The molecule has 1 heterocycles. The van der Waals surface area contributed by atoms with E-state index >= 15 is 0 Å². The second kappa shape index (κ2) is 14.0. The summed E-state index contributed by atoms with van der Waals surface area (Å²) in [5, 5.41) is 18.9. The van der Waals surface area contributed by atoms with Crippen molar-refractivity contribution < 1.29 is 33.9 Å². The molecule has 0 aliphatic carbocycles. The first-order valence-electron chi connectivity index (χ1n) is 13.0. The third-order valence-electron chi connectivity index (χ3n) is 6.59. The van der Waals surface area contributed by atoms with Gasteiger partial charge in [-0.3, -0.25) is 19.2 Å². The highest BCUT2D eigenvalue weighted by Gasteiger charge is 2.49. The molecule has 3 rings (SSSR count). The summed E-state index contributed by atoms with van der Waals surface area (Å²) >= 11 is 0. The van der Waals surface area contributed by atoms with Crippen LogP contribution in [0.2, 0.25) is 0 Å². The molecule has 0 radical (unpaired) electrons. The molecule has 40 heavy (non-hydrogen) atoms. The van der Waals surface area contributed by atoms with Crippen LogP contribution in [0.1, 0.15) is 44.2 Å². The average molecular weight is 548 g/mol. The van der Waals surface area contributed by atoms with Crippen molar-refractivity contribution in [1.82, 2.24) is 10.6 Å². The second-order valence-corrected chi connectivity index (χ2v) is 10.1. The van der Waals surface area contributed by atoms with Crippen molar-refractivity contribution in [3.05, 3.63) is 77.3 Å². The van der Waals surface area contributed by atoms with Gasteiger partial charge in [0, 0.05) is 19.3 Å². The van der Waals surface area contributed by atoms with Gasteiger partial charge in [-0.1, -0.05) is 79.7 Å². The number of hydrogen-bond acceptors (Lipinski definition) is 6. The summed E-state index contributed by atoms with van der Waals surface area (Å²) < 4.78 is 0. The first kappa shape index (κ1) is 29.9. The van der Waals surface area contributed by atoms with Crippen molar-refractivity contribution in [2.45, 2.75) is 63.6 Å². The number of ketones is 1. The fourth-order valence-corrected chi connectivity index (χ4v) is 4.51. The number of hydrogen-bond donors (Lipinski definition) is 3. The van der Waals surface area contributed by atoms with Crippen LogP contribution in [0.4, 0.5) is 0 Å². The number of carboxylic acid groups (broad SMARTS) is 1. The minimum Gasteiger partial charge on any atom is -0.481 e. The minimum atomic E-state index is -1.61. The van der Waals surface area contributed by atoms with E-state index in [1.54, 1.807) is 24.3 Å². The molecule has 0 bridgehead atoms. The number of benzene rings is 2. The molecule has 210 valence electrons. The molecule has 2 aromatic carbocycles. The number of Topliss-reactive ketones (excluding diaryl/α,β-unsaturated/α-hetero) is 1. The van der Waals surface area contributed by atoms with Gasteiger partial charge in [0.15, 0.2) is 0 Å². The maximum Gasteiger partial charge on any atom is 0.325 e. The molecule has 3 N–H and O–H groups in total. The van der Waals surface area contributed by atoms with Crippen molar-refractivity contribution in [3.8, 4) is 0 Å². The van der Waals surface area contributed by atoms with Gasteiger partial charge in [0.25, 0.3) is 11.7 Å². The SMILES string of the molecule is CC(C)[C@H](NC(=O)CCc1ccccc1)C1=NOC(Cc2ccccc2)(C(=O)N[C@@H](CC(=O)O)C(=O)C=[N+]=[N-])C1. The minimum absolute atomic E-state index is 0.00237. The molecular weight excluding hydrogens is 514 g/mol. The molecule has 11 heteroatoms. The van der Waals surface area contributed by atoms with Gasteiger partial charge in [0.2, 0.25) is 11.5 Å². The summed E-state index contributed by atoms with van der Waals surface area (Å²) in [5.74, 6) is -3.23. The number of amides is 2. The lowest BCUT2D eigenvalue weighted by Gasteiger charge is -2.28. The first-order valence-corrected chi connectivity index (χ1v) is 13.0. The summed E-state index contributed by atoms with van der Waals surface area (Å²) in [4.78, 5) is 58.6. The van der Waals surface area contributed by atoms with Gasteiger partial charge in [-0.05, 0) is 23.5 Å². The summed E-state index contributed by atoms with van der Waals surface area (Å²) in [5.41, 5.74) is 9.38. The zero-order valence-electron chi connectivity index (χ0n) is 22.4. The van der Waals surface area contributed by atoms with E-state index in [-0.39, 0.29) is 31.1 Å². The van der Waals surface area contributed by atoms with E-state index < -0.39 is 41.8 Å². The topological polar surface area (TPSA) is 171 Å². The number of carboxylic acids is 1. The maximum absolute atomic E-state index is 13.6. The van der Waals surface area contributed by atoms with Crippen molar-refractivity contribution in [2.75, 3.05) is 0 Å². The summed E-state index contributed by atoms with van der Waals surface area (Å²) in [6, 6.07) is 16.7. The Morgan fingerprint density at radius 1 is 1.05 bits per heavy atom. The van der Waals surface area contributed by atoms with E-state index in [9.17, 15) is 24.3 Å². The molecule has 0 saturated heterocycles. The Bertz CT molecular complexity index is 1290. The lowest BCUT2D eigenvalue weighted by molar-refractivity contribution is -0.147. The van der Waals surface area contributed by atoms with Crippen LogP contribution in [-0.2, 0) is 36.9 Å².